The van der Waals surface area contributed by atoms with Crippen molar-refractivity contribution in [1.82, 2.24) is 9.97 Å². The number of nitrogens with zero attached hydrogens (tertiary/aromatic N) is 3. The van der Waals surface area contributed by atoms with Crippen molar-refractivity contribution in [3.63, 3.8) is 0 Å². The number of carbonyl (C=O) groups excluding carboxylic acids is 1. The standard InChI is InChI=1S/C19H23ClN4O3/c1-12(26)15-10-22-19(24-7-3-4-14(24)11-25)23-18(15)21-9-13-5-6-17(27-2)16(20)8-13/h5-6,8,10,14,25H,3-4,7,9,11H2,1-2H3,(H,21,22,23)/t14-/m0/s1. The number of benzene rings is 1. The van der Waals surface area contributed by atoms with Crippen LogP contribution in [0.25, 0.3) is 0 Å². The van der Waals surface area contributed by atoms with Gasteiger partial charge in [-0.05, 0) is 37.5 Å². The number of aliphatic hydroxyl groups excluding tert-OH is 1. The Bertz CT molecular complexity index is 831. The fraction of sp³-hybridized carbons (Fsp3) is 0.421. The molecule has 1 atom stereocenters. The highest BCUT2D eigenvalue weighted by molar-refractivity contribution is 6.32. The van der Waals surface area contributed by atoms with Crippen LogP contribution in [-0.2, 0) is 6.54 Å². The number of aliphatic hydroxyl groups is 1. The predicted molar refractivity (Wildman–Crippen MR) is 105 cm³/mol. The van der Waals surface area contributed by atoms with Gasteiger partial charge in [-0.25, -0.2) is 4.98 Å². The Labute approximate surface area is 163 Å². The molecular weight excluding hydrogens is 368 g/mol. The molecule has 7 nitrogen and oxygen atoms in total. The zero-order chi connectivity index (χ0) is 19.4. The van der Waals surface area contributed by atoms with Gasteiger partial charge >= 0.3 is 0 Å². The summed E-state index contributed by atoms with van der Waals surface area (Å²) in [4.78, 5) is 22.8. The molecule has 1 aliphatic heterocycles. The Morgan fingerprint density at radius 3 is 2.96 bits per heavy atom. The highest BCUT2D eigenvalue weighted by Gasteiger charge is 2.26. The molecule has 0 bridgehead atoms. The minimum Gasteiger partial charge on any atom is -0.495 e. The number of rotatable bonds is 7. The van der Waals surface area contributed by atoms with Crippen LogP contribution in [0.5, 0.6) is 5.75 Å². The van der Waals surface area contributed by atoms with Crippen LogP contribution in [0.15, 0.2) is 24.4 Å². The number of anilines is 2. The topological polar surface area (TPSA) is 87.6 Å². The van der Waals surface area contributed by atoms with Crippen LogP contribution >= 0.6 is 11.6 Å². The number of hydrogen-bond donors (Lipinski definition) is 2. The van der Waals surface area contributed by atoms with E-state index in [-0.39, 0.29) is 18.4 Å². The van der Waals surface area contributed by atoms with Crippen LogP contribution in [0.3, 0.4) is 0 Å². The molecule has 2 N–H and O–H groups in total. The minimum absolute atomic E-state index is 0.0152. The van der Waals surface area contributed by atoms with Gasteiger partial charge < -0.3 is 20.1 Å². The van der Waals surface area contributed by atoms with E-state index < -0.39 is 0 Å². The number of ether oxygens (including phenoxy) is 1. The first-order valence-corrected chi connectivity index (χ1v) is 9.23. The van der Waals surface area contributed by atoms with Crippen LogP contribution < -0.4 is 15.0 Å². The summed E-state index contributed by atoms with van der Waals surface area (Å²) in [6.07, 6.45) is 3.43. The van der Waals surface area contributed by atoms with Gasteiger partial charge in [-0.2, -0.15) is 4.98 Å². The molecule has 0 radical (unpaired) electrons. The van der Waals surface area contributed by atoms with Gasteiger partial charge in [-0.15, -0.1) is 0 Å². The molecule has 2 heterocycles. The van der Waals surface area contributed by atoms with Gasteiger partial charge in [0.05, 0.1) is 30.3 Å². The lowest BCUT2D eigenvalue weighted by Crippen LogP contribution is -2.33. The smallest absolute Gasteiger partial charge is 0.227 e. The molecule has 0 unspecified atom stereocenters. The third-order valence-corrected chi connectivity index (χ3v) is 4.97. The monoisotopic (exact) mass is 390 g/mol. The molecule has 0 spiro atoms. The largest absolute Gasteiger partial charge is 0.495 e. The van der Waals surface area contributed by atoms with Crippen LogP contribution in [-0.4, -0.2) is 47.2 Å². The van der Waals surface area contributed by atoms with Crippen molar-refractivity contribution in [2.24, 2.45) is 0 Å². The average Bonchev–Trinajstić information content (AvgIpc) is 3.15. The van der Waals surface area contributed by atoms with Crippen molar-refractivity contribution >= 4 is 29.2 Å². The zero-order valence-corrected chi connectivity index (χ0v) is 16.2. The maximum Gasteiger partial charge on any atom is 0.227 e. The molecule has 0 aliphatic carbocycles. The van der Waals surface area contributed by atoms with E-state index in [1.807, 2.05) is 17.0 Å². The second-order valence-electron chi connectivity index (χ2n) is 6.48. The van der Waals surface area contributed by atoms with Gasteiger partial charge in [0, 0.05) is 19.3 Å². The number of carbonyl (C=O) groups is 1. The van der Waals surface area contributed by atoms with E-state index in [1.54, 1.807) is 19.4 Å². The first kappa shape index (κ1) is 19.4. The third-order valence-electron chi connectivity index (χ3n) is 4.68. The van der Waals surface area contributed by atoms with Crippen LogP contribution in [0, 0.1) is 0 Å². The summed E-state index contributed by atoms with van der Waals surface area (Å²) in [5.41, 5.74) is 1.36. The van der Waals surface area contributed by atoms with Crippen molar-refractivity contribution in [3.8, 4) is 5.75 Å². The Morgan fingerprint density at radius 2 is 2.30 bits per heavy atom. The molecule has 8 heteroatoms. The van der Waals surface area contributed by atoms with E-state index in [0.717, 1.165) is 24.9 Å². The minimum atomic E-state index is -0.114. The Hall–Kier alpha value is -2.38. The lowest BCUT2D eigenvalue weighted by Gasteiger charge is -2.23. The van der Waals surface area contributed by atoms with Gasteiger partial charge in [0.25, 0.3) is 0 Å². The lowest BCUT2D eigenvalue weighted by molar-refractivity contribution is 0.101. The summed E-state index contributed by atoms with van der Waals surface area (Å²) in [5.74, 6) is 1.49. The third kappa shape index (κ3) is 4.31. The SMILES string of the molecule is COc1ccc(CNc2nc(N3CCC[C@H]3CO)ncc2C(C)=O)cc1Cl. The van der Waals surface area contributed by atoms with Crippen molar-refractivity contribution < 1.29 is 14.6 Å². The summed E-state index contributed by atoms with van der Waals surface area (Å²) in [6.45, 7) is 2.78. The van der Waals surface area contributed by atoms with Crippen molar-refractivity contribution in [2.75, 3.05) is 30.5 Å². The highest BCUT2D eigenvalue weighted by Crippen LogP contribution is 2.27. The molecule has 1 saturated heterocycles. The molecule has 27 heavy (non-hydrogen) atoms. The van der Waals surface area contributed by atoms with E-state index >= 15 is 0 Å². The van der Waals surface area contributed by atoms with E-state index in [0.29, 0.717) is 34.6 Å². The van der Waals surface area contributed by atoms with Crippen LogP contribution in [0.2, 0.25) is 5.02 Å². The van der Waals surface area contributed by atoms with Gasteiger partial charge in [0.2, 0.25) is 5.95 Å². The maximum atomic E-state index is 12.0. The van der Waals surface area contributed by atoms with Gasteiger partial charge in [-0.3, -0.25) is 4.79 Å². The predicted octanol–water partition coefficient (Wildman–Crippen LogP) is 2.91. The van der Waals surface area contributed by atoms with E-state index in [1.165, 1.54) is 6.92 Å². The molecule has 2 aromatic rings. The summed E-state index contributed by atoms with van der Waals surface area (Å²) in [7, 11) is 1.57. The van der Waals surface area contributed by atoms with Crippen molar-refractivity contribution in [2.45, 2.75) is 32.4 Å². The molecule has 1 aromatic carbocycles. The Morgan fingerprint density at radius 1 is 1.48 bits per heavy atom. The number of aromatic nitrogens is 2. The quantitative estimate of drug-likeness (QED) is 0.703. The number of methoxy groups -OCH3 is 1. The van der Waals surface area contributed by atoms with Crippen molar-refractivity contribution in [3.05, 3.63) is 40.5 Å². The fourth-order valence-electron chi connectivity index (χ4n) is 3.20. The molecule has 3 rings (SSSR count). The molecular formula is C19H23ClN4O3. The van der Waals surface area contributed by atoms with Crippen LogP contribution in [0.1, 0.15) is 35.7 Å². The van der Waals surface area contributed by atoms with E-state index in [4.69, 9.17) is 16.3 Å². The van der Waals surface area contributed by atoms with Crippen LogP contribution in [0.4, 0.5) is 11.8 Å². The summed E-state index contributed by atoms with van der Waals surface area (Å²) in [5, 5.41) is 13.3. The number of Topliss-reactive ketones (excluding diaryl/α,β-unsaturated/α-hetero) is 1. The number of halogens is 1. The molecule has 1 fully saturated rings. The first-order valence-electron chi connectivity index (χ1n) is 8.85. The second kappa shape index (κ2) is 8.54. The summed E-state index contributed by atoms with van der Waals surface area (Å²) in [6, 6.07) is 5.52. The zero-order valence-electron chi connectivity index (χ0n) is 15.4. The normalized spacial score (nSPS) is 16.4. The van der Waals surface area contributed by atoms with Gasteiger partial charge in [-0.1, -0.05) is 17.7 Å². The van der Waals surface area contributed by atoms with E-state index in [2.05, 4.69) is 15.3 Å². The Balaban J connectivity index is 1.83. The second-order valence-corrected chi connectivity index (χ2v) is 6.89. The molecule has 0 saturated carbocycles. The van der Waals surface area contributed by atoms with E-state index in [9.17, 15) is 9.90 Å². The molecule has 1 aromatic heterocycles. The summed E-state index contributed by atoms with van der Waals surface area (Å²) < 4.78 is 5.16. The molecule has 0 amide bonds. The van der Waals surface area contributed by atoms with Crippen molar-refractivity contribution in [1.29, 1.82) is 0 Å². The fourth-order valence-corrected chi connectivity index (χ4v) is 3.48. The maximum absolute atomic E-state index is 12.0. The highest BCUT2D eigenvalue weighted by atomic mass is 35.5. The number of nitrogens with one attached hydrogen (secondary N) is 1. The molecule has 1 aliphatic rings. The van der Waals surface area contributed by atoms with Gasteiger partial charge in [0.15, 0.2) is 5.78 Å². The average molecular weight is 391 g/mol. The first-order chi connectivity index (χ1) is 13.0. The van der Waals surface area contributed by atoms with Gasteiger partial charge in [0.1, 0.15) is 11.6 Å². The summed E-state index contributed by atoms with van der Waals surface area (Å²) >= 11 is 6.17. The Kier molecular flexibility index (Phi) is 6.13. The molecule has 144 valence electrons. The number of ketones is 1. The number of hydrogen-bond acceptors (Lipinski definition) is 7. The lowest BCUT2D eigenvalue weighted by atomic mass is 10.2.